The van der Waals surface area contributed by atoms with Crippen molar-refractivity contribution in [3.8, 4) is 0 Å². The maximum absolute atomic E-state index is 12.5. The molecular formula is C21H29N2O+. The quantitative estimate of drug-likeness (QED) is 0.841. The number of anilines is 1. The molecule has 0 bridgehead atoms. The van der Waals surface area contributed by atoms with Gasteiger partial charge in [-0.2, -0.15) is 0 Å². The Morgan fingerprint density at radius 2 is 1.71 bits per heavy atom. The molecule has 0 fully saturated rings. The second-order valence-corrected chi connectivity index (χ2v) is 6.98. The predicted octanol–water partition coefficient (Wildman–Crippen LogP) is 3.08. The maximum atomic E-state index is 12.5. The number of likely N-dealkylation sites (N-methyl/N-ethyl adjacent to an activating group) is 1. The van der Waals surface area contributed by atoms with Gasteiger partial charge in [-0.05, 0) is 36.5 Å². The van der Waals surface area contributed by atoms with Crippen LogP contribution in [0, 0.1) is 13.8 Å². The molecular weight excluding hydrogens is 296 g/mol. The average Bonchev–Trinajstić information content (AvgIpc) is 2.51. The van der Waals surface area contributed by atoms with E-state index in [1.54, 1.807) is 0 Å². The van der Waals surface area contributed by atoms with Gasteiger partial charge in [-0.1, -0.05) is 56.3 Å². The number of nitrogens with one attached hydrogen (secondary N) is 2. The summed E-state index contributed by atoms with van der Waals surface area (Å²) in [7, 11) is 2.06. The largest absolute Gasteiger partial charge is 0.326 e. The molecule has 0 aliphatic heterocycles. The van der Waals surface area contributed by atoms with Crippen molar-refractivity contribution in [3.05, 3.63) is 64.7 Å². The van der Waals surface area contributed by atoms with Gasteiger partial charge < -0.3 is 10.2 Å². The normalized spacial score (nSPS) is 12.2. The minimum atomic E-state index is 0.0669. The predicted molar refractivity (Wildman–Crippen MR) is 101 cm³/mol. The molecule has 2 rings (SSSR count). The lowest BCUT2D eigenvalue weighted by atomic mass is 9.98. The molecule has 0 radical (unpaired) electrons. The van der Waals surface area contributed by atoms with Crippen LogP contribution in [0.15, 0.2) is 42.5 Å². The molecule has 2 aromatic carbocycles. The van der Waals surface area contributed by atoms with Gasteiger partial charge in [0.05, 0.1) is 7.05 Å². The summed E-state index contributed by atoms with van der Waals surface area (Å²) in [5.74, 6) is 0.453. The summed E-state index contributed by atoms with van der Waals surface area (Å²) in [5.41, 5.74) is 5.85. The first-order chi connectivity index (χ1) is 11.4. The van der Waals surface area contributed by atoms with Crippen LogP contribution >= 0.6 is 0 Å². The molecule has 0 aliphatic rings. The zero-order valence-corrected chi connectivity index (χ0v) is 15.4. The van der Waals surface area contributed by atoms with Crippen LogP contribution in [0.5, 0.6) is 0 Å². The van der Waals surface area contributed by atoms with Gasteiger partial charge in [0.2, 0.25) is 0 Å². The lowest BCUT2D eigenvalue weighted by molar-refractivity contribution is -0.885. The minimum Gasteiger partial charge on any atom is -0.326 e. The molecule has 0 heterocycles. The van der Waals surface area contributed by atoms with E-state index in [9.17, 15) is 4.79 Å². The zero-order valence-electron chi connectivity index (χ0n) is 15.4. The summed E-state index contributed by atoms with van der Waals surface area (Å²) in [6, 6.07) is 14.5. The molecule has 2 N–H and O–H groups in total. The SMILES string of the molecule is Cc1ccccc1C[NH+](C)CC(=O)Nc1c(C)cccc1C(C)C. The van der Waals surface area contributed by atoms with Crippen molar-refractivity contribution in [1.29, 1.82) is 0 Å². The number of quaternary nitrogens is 1. The Labute approximate surface area is 145 Å². The van der Waals surface area contributed by atoms with E-state index in [2.05, 4.69) is 63.5 Å². The number of benzene rings is 2. The molecule has 0 aliphatic carbocycles. The molecule has 24 heavy (non-hydrogen) atoms. The molecule has 3 nitrogen and oxygen atoms in total. The first-order valence-corrected chi connectivity index (χ1v) is 8.63. The minimum absolute atomic E-state index is 0.0669. The first-order valence-electron chi connectivity index (χ1n) is 8.63. The number of amides is 1. The molecule has 1 unspecified atom stereocenters. The Kier molecular flexibility index (Phi) is 6.16. The molecule has 1 atom stereocenters. The number of hydrogen-bond acceptors (Lipinski definition) is 1. The third-order valence-corrected chi connectivity index (χ3v) is 4.41. The van der Waals surface area contributed by atoms with E-state index in [0.29, 0.717) is 12.5 Å². The van der Waals surface area contributed by atoms with Crippen LogP contribution in [0.1, 0.15) is 42.0 Å². The Hall–Kier alpha value is -2.13. The lowest BCUT2D eigenvalue weighted by Gasteiger charge is -2.18. The van der Waals surface area contributed by atoms with Crippen LogP contribution in [0.2, 0.25) is 0 Å². The fourth-order valence-electron chi connectivity index (χ4n) is 3.00. The molecule has 1 amide bonds. The van der Waals surface area contributed by atoms with Gasteiger partial charge in [-0.15, -0.1) is 0 Å². The fourth-order valence-corrected chi connectivity index (χ4v) is 3.00. The van der Waals surface area contributed by atoms with Crippen LogP contribution < -0.4 is 10.2 Å². The topological polar surface area (TPSA) is 33.5 Å². The summed E-state index contributed by atoms with van der Waals surface area (Å²) in [5, 5.41) is 3.13. The van der Waals surface area contributed by atoms with E-state index in [0.717, 1.165) is 17.8 Å². The summed E-state index contributed by atoms with van der Waals surface area (Å²) < 4.78 is 0. The van der Waals surface area contributed by atoms with E-state index in [4.69, 9.17) is 0 Å². The molecule has 0 aromatic heterocycles. The highest BCUT2D eigenvalue weighted by Gasteiger charge is 2.15. The van der Waals surface area contributed by atoms with Crippen molar-refractivity contribution < 1.29 is 9.69 Å². The summed E-state index contributed by atoms with van der Waals surface area (Å²) in [4.78, 5) is 13.7. The number of carbonyl (C=O) groups excluding carboxylic acids is 1. The number of carbonyl (C=O) groups is 1. The Morgan fingerprint density at radius 3 is 2.38 bits per heavy atom. The first kappa shape index (κ1) is 18.2. The summed E-state index contributed by atoms with van der Waals surface area (Å²) >= 11 is 0. The number of rotatable bonds is 6. The summed E-state index contributed by atoms with van der Waals surface area (Å²) in [6.45, 7) is 9.78. The number of aryl methyl sites for hydroxylation is 2. The van der Waals surface area contributed by atoms with E-state index >= 15 is 0 Å². The standard InChI is InChI=1S/C21H28N2O/c1-15(2)19-12-8-10-17(4)21(19)22-20(24)14-23(5)13-18-11-7-6-9-16(18)3/h6-12,15H,13-14H2,1-5H3,(H,22,24)/p+1. The van der Waals surface area contributed by atoms with E-state index < -0.39 is 0 Å². The van der Waals surface area contributed by atoms with Crippen LogP contribution in [0.25, 0.3) is 0 Å². The Morgan fingerprint density at radius 1 is 1.04 bits per heavy atom. The van der Waals surface area contributed by atoms with Gasteiger partial charge in [0.25, 0.3) is 5.91 Å². The highest BCUT2D eigenvalue weighted by atomic mass is 16.2. The number of hydrogen-bond donors (Lipinski definition) is 2. The van der Waals surface area contributed by atoms with Crippen molar-refractivity contribution in [3.63, 3.8) is 0 Å². The van der Waals surface area contributed by atoms with Crippen molar-refractivity contribution in [2.24, 2.45) is 0 Å². The Bertz CT molecular complexity index is 707. The fraction of sp³-hybridized carbons (Fsp3) is 0.381. The molecule has 3 heteroatoms. The van der Waals surface area contributed by atoms with Crippen molar-refractivity contribution >= 4 is 11.6 Å². The van der Waals surface area contributed by atoms with Gasteiger partial charge in [0.15, 0.2) is 6.54 Å². The maximum Gasteiger partial charge on any atom is 0.279 e. The highest BCUT2D eigenvalue weighted by Crippen LogP contribution is 2.27. The molecule has 0 saturated heterocycles. The number of para-hydroxylation sites is 1. The monoisotopic (exact) mass is 325 g/mol. The van der Waals surface area contributed by atoms with Crippen molar-refractivity contribution in [2.75, 3.05) is 18.9 Å². The van der Waals surface area contributed by atoms with Gasteiger partial charge in [-0.25, -0.2) is 0 Å². The molecule has 128 valence electrons. The third-order valence-electron chi connectivity index (χ3n) is 4.41. The van der Waals surface area contributed by atoms with Crippen LogP contribution in [-0.4, -0.2) is 19.5 Å². The molecule has 0 spiro atoms. The van der Waals surface area contributed by atoms with Gasteiger partial charge >= 0.3 is 0 Å². The third kappa shape index (κ3) is 4.68. The second-order valence-electron chi connectivity index (χ2n) is 6.98. The van der Waals surface area contributed by atoms with Crippen LogP contribution in [0.3, 0.4) is 0 Å². The van der Waals surface area contributed by atoms with Crippen molar-refractivity contribution in [2.45, 2.75) is 40.2 Å². The van der Waals surface area contributed by atoms with Gasteiger partial charge in [0, 0.05) is 11.3 Å². The highest BCUT2D eigenvalue weighted by molar-refractivity contribution is 5.93. The molecule has 0 saturated carbocycles. The van der Waals surface area contributed by atoms with E-state index in [1.165, 1.54) is 21.6 Å². The van der Waals surface area contributed by atoms with E-state index in [1.807, 2.05) is 19.1 Å². The lowest BCUT2D eigenvalue weighted by Crippen LogP contribution is -3.08. The second kappa shape index (κ2) is 8.11. The zero-order chi connectivity index (χ0) is 17.7. The Balaban J connectivity index is 2.02. The van der Waals surface area contributed by atoms with Crippen molar-refractivity contribution in [1.82, 2.24) is 0 Å². The van der Waals surface area contributed by atoms with E-state index in [-0.39, 0.29) is 5.91 Å². The summed E-state index contributed by atoms with van der Waals surface area (Å²) in [6.07, 6.45) is 0. The van der Waals surface area contributed by atoms with Crippen LogP contribution in [0.4, 0.5) is 5.69 Å². The molecule has 2 aromatic rings. The van der Waals surface area contributed by atoms with Gasteiger partial charge in [-0.3, -0.25) is 4.79 Å². The smallest absolute Gasteiger partial charge is 0.279 e. The average molecular weight is 325 g/mol. The van der Waals surface area contributed by atoms with Gasteiger partial charge in [0.1, 0.15) is 6.54 Å². The van der Waals surface area contributed by atoms with Crippen LogP contribution in [-0.2, 0) is 11.3 Å².